The van der Waals surface area contributed by atoms with Crippen molar-refractivity contribution in [1.29, 1.82) is 0 Å². The molecule has 0 unspecified atom stereocenters. The highest BCUT2D eigenvalue weighted by Crippen LogP contribution is 2.30. The highest BCUT2D eigenvalue weighted by molar-refractivity contribution is 7.98. The van der Waals surface area contributed by atoms with E-state index < -0.39 is 0 Å². The lowest BCUT2D eigenvalue weighted by atomic mass is 10.0. The van der Waals surface area contributed by atoms with Crippen LogP contribution in [-0.2, 0) is 5.75 Å². The summed E-state index contributed by atoms with van der Waals surface area (Å²) in [6, 6.07) is 8.46. The van der Waals surface area contributed by atoms with E-state index in [1.165, 1.54) is 22.6 Å². The zero-order valence-electron chi connectivity index (χ0n) is 14.0. The summed E-state index contributed by atoms with van der Waals surface area (Å²) in [5.74, 6) is 1.18. The molecule has 0 bridgehead atoms. The summed E-state index contributed by atoms with van der Waals surface area (Å²) in [6.07, 6.45) is 3.85. The van der Waals surface area contributed by atoms with Crippen molar-refractivity contribution in [1.82, 2.24) is 19.7 Å². The summed E-state index contributed by atoms with van der Waals surface area (Å²) >= 11 is 3.14. The Morgan fingerprint density at radius 3 is 2.88 bits per heavy atom. The molecule has 1 aromatic carbocycles. The topological polar surface area (TPSA) is 52.8 Å². The minimum absolute atomic E-state index is 0.457. The fraction of sp³-hybridized carbons (Fsp3) is 0.353. The summed E-state index contributed by atoms with van der Waals surface area (Å²) in [7, 11) is 0. The van der Waals surface area contributed by atoms with Gasteiger partial charge in [-0.1, -0.05) is 55.1 Å². The van der Waals surface area contributed by atoms with Crippen LogP contribution in [0.5, 0.6) is 5.19 Å². The van der Waals surface area contributed by atoms with Crippen molar-refractivity contribution >= 4 is 23.1 Å². The largest absolute Gasteiger partial charge is 0.469 e. The standard InChI is InChI=1S/C17H20N4OS2/c1-4-22-17-20-19-15(24-17)11-23-16-18-9-10-21(16)14-8-6-5-7-13(14)12(2)3/h5-10,12H,4,11H2,1-3H3. The summed E-state index contributed by atoms with van der Waals surface area (Å²) in [6.45, 7) is 6.97. The van der Waals surface area contributed by atoms with E-state index in [2.05, 4.69) is 57.9 Å². The van der Waals surface area contributed by atoms with Crippen LogP contribution in [0, 0.1) is 0 Å². The van der Waals surface area contributed by atoms with Crippen LogP contribution in [0.3, 0.4) is 0 Å². The van der Waals surface area contributed by atoms with Crippen molar-refractivity contribution in [3.63, 3.8) is 0 Å². The molecule has 2 heterocycles. The maximum absolute atomic E-state index is 5.37. The first-order valence-electron chi connectivity index (χ1n) is 7.89. The molecule has 0 fully saturated rings. The molecule has 126 valence electrons. The number of hydrogen-bond donors (Lipinski definition) is 0. The molecule has 0 amide bonds. The molecule has 3 aromatic rings. The van der Waals surface area contributed by atoms with Crippen LogP contribution < -0.4 is 4.74 Å². The Hall–Kier alpha value is -1.86. The third-order valence-electron chi connectivity index (χ3n) is 3.47. The van der Waals surface area contributed by atoms with E-state index in [0.29, 0.717) is 17.7 Å². The van der Waals surface area contributed by atoms with E-state index in [9.17, 15) is 0 Å². The lowest BCUT2D eigenvalue weighted by molar-refractivity contribution is 0.335. The van der Waals surface area contributed by atoms with Gasteiger partial charge in [0.15, 0.2) is 5.16 Å². The smallest absolute Gasteiger partial charge is 0.294 e. The number of thioether (sulfide) groups is 1. The lowest BCUT2D eigenvalue weighted by Crippen LogP contribution is -2.01. The van der Waals surface area contributed by atoms with Gasteiger partial charge in [-0.25, -0.2) is 4.98 Å². The molecular formula is C17H20N4OS2. The molecule has 0 atom stereocenters. The first kappa shape index (κ1) is 17.0. The van der Waals surface area contributed by atoms with Gasteiger partial charge in [-0.2, -0.15) is 0 Å². The molecule has 0 N–H and O–H groups in total. The van der Waals surface area contributed by atoms with Crippen molar-refractivity contribution in [2.24, 2.45) is 0 Å². The van der Waals surface area contributed by atoms with E-state index in [4.69, 9.17) is 4.74 Å². The zero-order chi connectivity index (χ0) is 16.9. The second-order valence-corrected chi connectivity index (χ2v) is 7.44. The van der Waals surface area contributed by atoms with Crippen molar-refractivity contribution in [2.45, 2.75) is 37.6 Å². The summed E-state index contributed by atoms with van der Waals surface area (Å²) in [5.41, 5.74) is 2.49. The van der Waals surface area contributed by atoms with E-state index in [1.54, 1.807) is 11.8 Å². The van der Waals surface area contributed by atoms with Gasteiger partial charge in [0, 0.05) is 12.4 Å². The Kier molecular flexibility index (Phi) is 5.52. The number of aromatic nitrogens is 4. The summed E-state index contributed by atoms with van der Waals surface area (Å²) < 4.78 is 7.52. The van der Waals surface area contributed by atoms with Crippen LogP contribution >= 0.6 is 23.1 Å². The van der Waals surface area contributed by atoms with Gasteiger partial charge in [-0.15, -0.1) is 10.2 Å². The van der Waals surface area contributed by atoms with Crippen molar-refractivity contribution in [2.75, 3.05) is 6.61 Å². The zero-order valence-corrected chi connectivity index (χ0v) is 15.6. The van der Waals surface area contributed by atoms with Crippen LogP contribution in [0.25, 0.3) is 5.69 Å². The molecule has 0 saturated heterocycles. The van der Waals surface area contributed by atoms with Crippen LogP contribution in [0.4, 0.5) is 0 Å². The average Bonchev–Trinajstić information content (AvgIpc) is 3.22. The maximum atomic E-state index is 5.37. The van der Waals surface area contributed by atoms with Crippen molar-refractivity contribution in [3.05, 3.63) is 47.2 Å². The Morgan fingerprint density at radius 2 is 2.08 bits per heavy atom. The Bertz CT molecular complexity index is 797. The molecule has 0 saturated carbocycles. The van der Waals surface area contributed by atoms with Gasteiger partial charge >= 0.3 is 0 Å². The average molecular weight is 361 g/mol. The second kappa shape index (κ2) is 7.81. The van der Waals surface area contributed by atoms with E-state index >= 15 is 0 Å². The van der Waals surface area contributed by atoms with Gasteiger partial charge in [0.2, 0.25) is 0 Å². The third kappa shape index (κ3) is 3.79. The van der Waals surface area contributed by atoms with Crippen molar-refractivity contribution in [3.8, 4) is 10.9 Å². The van der Waals surface area contributed by atoms with Crippen LogP contribution in [-0.4, -0.2) is 26.4 Å². The quantitative estimate of drug-likeness (QED) is 0.579. The van der Waals surface area contributed by atoms with Gasteiger partial charge in [0.1, 0.15) is 5.01 Å². The normalized spacial score (nSPS) is 11.2. The van der Waals surface area contributed by atoms with Crippen LogP contribution in [0.15, 0.2) is 41.8 Å². The Labute approximate surface area is 150 Å². The van der Waals surface area contributed by atoms with Gasteiger partial charge in [-0.05, 0) is 24.5 Å². The highest BCUT2D eigenvalue weighted by atomic mass is 32.2. The summed E-state index contributed by atoms with van der Waals surface area (Å²) in [5, 5.41) is 10.7. The molecule has 0 aliphatic carbocycles. The van der Waals surface area contributed by atoms with Gasteiger partial charge in [0.25, 0.3) is 5.19 Å². The number of para-hydroxylation sites is 1. The fourth-order valence-corrected chi connectivity index (χ4v) is 4.08. The molecule has 0 aliphatic heterocycles. The van der Waals surface area contributed by atoms with Crippen LogP contribution in [0.2, 0.25) is 0 Å². The number of rotatable bonds is 7. The molecule has 0 spiro atoms. The lowest BCUT2D eigenvalue weighted by Gasteiger charge is -2.15. The van der Waals surface area contributed by atoms with E-state index in [0.717, 1.165) is 15.9 Å². The number of nitrogens with zero attached hydrogens (tertiary/aromatic N) is 4. The number of imidazole rings is 1. The van der Waals surface area contributed by atoms with E-state index in [1.807, 2.05) is 19.3 Å². The molecule has 7 heteroatoms. The second-order valence-electron chi connectivity index (χ2n) is 5.48. The molecular weight excluding hydrogens is 340 g/mol. The van der Waals surface area contributed by atoms with E-state index in [-0.39, 0.29) is 0 Å². The summed E-state index contributed by atoms with van der Waals surface area (Å²) in [4.78, 5) is 4.50. The van der Waals surface area contributed by atoms with Gasteiger partial charge in [-0.3, -0.25) is 4.57 Å². The van der Waals surface area contributed by atoms with Crippen molar-refractivity contribution < 1.29 is 4.74 Å². The Morgan fingerprint density at radius 1 is 1.25 bits per heavy atom. The molecule has 5 nitrogen and oxygen atoms in total. The Balaban J connectivity index is 1.78. The SMILES string of the molecule is CCOc1nnc(CSc2nccn2-c2ccccc2C(C)C)s1. The molecule has 24 heavy (non-hydrogen) atoms. The first-order chi connectivity index (χ1) is 11.7. The van der Waals surface area contributed by atoms with Gasteiger partial charge in [0.05, 0.1) is 18.0 Å². The monoisotopic (exact) mass is 360 g/mol. The number of hydrogen-bond acceptors (Lipinski definition) is 6. The highest BCUT2D eigenvalue weighted by Gasteiger charge is 2.13. The third-order valence-corrected chi connectivity index (χ3v) is 5.46. The van der Waals surface area contributed by atoms with Gasteiger partial charge < -0.3 is 4.74 Å². The molecule has 3 rings (SSSR count). The fourth-order valence-electron chi connectivity index (χ4n) is 2.38. The predicted molar refractivity (Wildman–Crippen MR) is 98.3 cm³/mol. The first-order valence-corrected chi connectivity index (χ1v) is 9.70. The van der Waals surface area contributed by atoms with Crippen LogP contribution in [0.1, 0.15) is 37.3 Å². The molecule has 2 aromatic heterocycles. The maximum Gasteiger partial charge on any atom is 0.294 e. The molecule has 0 aliphatic rings. The predicted octanol–water partition coefficient (Wildman–Crippen LogP) is 4.54. The minimum Gasteiger partial charge on any atom is -0.469 e. The number of ether oxygens (including phenoxy) is 1. The number of benzene rings is 1. The molecule has 0 radical (unpaired) electrons. The minimum atomic E-state index is 0.457.